The molecule has 208 valence electrons. The van der Waals surface area contributed by atoms with E-state index in [0.29, 0.717) is 38.2 Å². The molecule has 2 saturated heterocycles. The molecule has 41 heavy (non-hydrogen) atoms. The number of carbonyl (C=O) groups excluding carboxylic acids is 3. The summed E-state index contributed by atoms with van der Waals surface area (Å²) < 4.78 is 0. The van der Waals surface area contributed by atoms with Crippen LogP contribution in [0.3, 0.4) is 0 Å². The van der Waals surface area contributed by atoms with E-state index in [-0.39, 0.29) is 30.3 Å². The highest BCUT2D eigenvalue weighted by Crippen LogP contribution is 2.40. The summed E-state index contributed by atoms with van der Waals surface area (Å²) in [6.45, 7) is 3.18. The normalized spacial score (nSPS) is 17.2. The van der Waals surface area contributed by atoms with Crippen LogP contribution in [0.1, 0.15) is 41.7 Å². The molecule has 1 N–H and O–H groups in total. The molecule has 6 rings (SSSR count). The number of para-hydroxylation sites is 1. The van der Waals surface area contributed by atoms with Crippen LogP contribution in [0.25, 0.3) is 10.8 Å². The SMILES string of the molecule is C[C@@H](NC(=O)CN1CN(c2ccccc2)C2(CCN(C(=O)c3cccc4ccccc34)CC2)C1=O)c1ccccc1. The fraction of sp³-hybridized carbons (Fsp3) is 0.265. The Morgan fingerprint density at radius 1 is 0.829 bits per heavy atom. The van der Waals surface area contributed by atoms with Crippen molar-refractivity contribution in [2.75, 3.05) is 31.2 Å². The van der Waals surface area contributed by atoms with Gasteiger partial charge in [0.15, 0.2) is 0 Å². The lowest BCUT2D eigenvalue weighted by molar-refractivity contribution is -0.137. The summed E-state index contributed by atoms with van der Waals surface area (Å²) in [4.78, 5) is 46.4. The van der Waals surface area contributed by atoms with Crippen LogP contribution in [0.2, 0.25) is 0 Å². The van der Waals surface area contributed by atoms with Gasteiger partial charge in [-0.2, -0.15) is 0 Å². The maximum Gasteiger partial charge on any atom is 0.254 e. The van der Waals surface area contributed by atoms with E-state index in [2.05, 4.69) is 10.2 Å². The molecule has 4 aromatic carbocycles. The van der Waals surface area contributed by atoms with Crippen LogP contribution in [0, 0.1) is 0 Å². The molecular formula is C34H34N4O3. The molecule has 0 aromatic heterocycles. The van der Waals surface area contributed by atoms with Crippen LogP contribution in [0.4, 0.5) is 5.69 Å². The third-order valence-corrected chi connectivity index (χ3v) is 8.49. The summed E-state index contributed by atoms with van der Waals surface area (Å²) in [5.41, 5.74) is 1.83. The lowest BCUT2D eigenvalue weighted by Gasteiger charge is -2.43. The fourth-order valence-electron chi connectivity index (χ4n) is 6.27. The number of hydrogen-bond donors (Lipinski definition) is 1. The summed E-state index contributed by atoms with van der Waals surface area (Å²) in [7, 11) is 0. The first-order chi connectivity index (χ1) is 20.0. The first kappa shape index (κ1) is 26.6. The second-order valence-electron chi connectivity index (χ2n) is 11.0. The topological polar surface area (TPSA) is 73.0 Å². The monoisotopic (exact) mass is 546 g/mol. The Morgan fingerprint density at radius 3 is 2.20 bits per heavy atom. The number of rotatable bonds is 6. The molecule has 0 saturated carbocycles. The zero-order valence-corrected chi connectivity index (χ0v) is 23.2. The molecule has 0 unspecified atom stereocenters. The number of nitrogens with zero attached hydrogens (tertiary/aromatic N) is 3. The summed E-state index contributed by atoms with van der Waals surface area (Å²) in [5.74, 6) is -0.260. The summed E-state index contributed by atoms with van der Waals surface area (Å²) in [6, 6.07) is 33.2. The molecule has 3 amide bonds. The van der Waals surface area contributed by atoms with Gasteiger partial charge in [-0.05, 0) is 54.3 Å². The molecule has 7 heteroatoms. The van der Waals surface area contributed by atoms with Crippen LogP contribution in [-0.2, 0) is 9.59 Å². The second-order valence-corrected chi connectivity index (χ2v) is 11.0. The molecule has 1 spiro atoms. The zero-order chi connectivity index (χ0) is 28.4. The summed E-state index contributed by atoms with van der Waals surface area (Å²) in [5, 5.41) is 5.01. The highest BCUT2D eigenvalue weighted by molar-refractivity contribution is 6.07. The van der Waals surface area contributed by atoms with Gasteiger partial charge in [0.25, 0.3) is 11.8 Å². The maximum atomic E-state index is 14.1. The molecule has 0 aliphatic carbocycles. The molecule has 0 radical (unpaired) electrons. The van der Waals surface area contributed by atoms with Crippen molar-refractivity contribution in [3.63, 3.8) is 0 Å². The Morgan fingerprint density at radius 2 is 1.46 bits per heavy atom. The molecule has 2 heterocycles. The van der Waals surface area contributed by atoms with Crippen molar-refractivity contribution in [2.45, 2.75) is 31.3 Å². The van der Waals surface area contributed by atoms with Crippen molar-refractivity contribution in [1.82, 2.24) is 15.1 Å². The van der Waals surface area contributed by atoms with E-state index in [9.17, 15) is 14.4 Å². The predicted octanol–water partition coefficient (Wildman–Crippen LogP) is 5.00. The quantitative estimate of drug-likeness (QED) is 0.370. The van der Waals surface area contributed by atoms with Gasteiger partial charge < -0.3 is 20.0 Å². The van der Waals surface area contributed by atoms with E-state index < -0.39 is 5.54 Å². The third-order valence-electron chi connectivity index (χ3n) is 8.49. The number of nitrogens with one attached hydrogen (secondary N) is 1. The van der Waals surface area contributed by atoms with Crippen molar-refractivity contribution in [3.8, 4) is 0 Å². The summed E-state index contributed by atoms with van der Waals surface area (Å²) in [6.07, 6.45) is 0.992. The van der Waals surface area contributed by atoms with Crippen LogP contribution in [-0.4, -0.2) is 59.4 Å². The molecule has 4 aromatic rings. The second kappa shape index (κ2) is 11.1. The van der Waals surface area contributed by atoms with Gasteiger partial charge in [-0.15, -0.1) is 0 Å². The minimum atomic E-state index is -0.803. The number of hydrogen-bond acceptors (Lipinski definition) is 4. The van der Waals surface area contributed by atoms with Crippen LogP contribution < -0.4 is 10.2 Å². The number of likely N-dealkylation sites (tertiary alicyclic amines) is 1. The number of benzene rings is 4. The number of fused-ring (bicyclic) bond motifs is 1. The van der Waals surface area contributed by atoms with E-state index in [0.717, 1.165) is 22.0 Å². The lowest BCUT2D eigenvalue weighted by Crippen LogP contribution is -2.57. The van der Waals surface area contributed by atoms with Crippen molar-refractivity contribution in [2.24, 2.45) is 0 Å². The van der Waals surface area contributed by atoms with Gasteiger partial charge >= 0.3 is 0 Å². The number of carbonyl (C=O) groups is 3. The van der Waals surface area contributed by atoms with Crippen LogP contribution >= 0.6 is 0 Å². The van der Waals surface area contributed by atoms with E-state index in [4.69, 9.17) is 0 Å². The lowest BCUT2D eigenvalue weighted by atomic mass is 9.85. The number of anilines is 1. The highest BCUT2D eigenvalue weighted by atomic mass is 16.2. The van der Waals surface area contributed by atoms with Gasteiger partial charge in [-0.1, -0.05) is 84.9 Å². The Hall–Kier alpha value is -4.65. The van der Waals surface area contributed by atoms with Gasteiger partial charge in [0, 0.05) is 24.3 Å². The van der Waals surface area contributed by atoms with Gasteiger partial charge in [-0.25, -0.2) is 0 Å². The average molecular weight is 547 g/mol. The van der Waals surface area contributed by atoms with Crippen LogP contribution in [0.15, 0.2) is 103 Å². The average Bonchev–Trinajstić information content (AvgIpc) is 3.27. The predicted molar refractivity (Wildman–Crippen MR) is 160 cm³/mol. The first-order valence-corrected chi connectivity index (χ1v) is 14.2. The Labute approximate surface area is 240 Å². The third kappa shape index (κ3) is 5.04. The Bertz CT molecular complexity index is 1560. The van der Waals surface area contributed by atoms with Gasteiger partial charge in [-0.3, -0.25) is 14.4 Å². The van der Waals surface area contributed by atoms with Gasteiger partial charge in [0.05, 0.1) is 12.7 Å². The van der Waals surface area contributed by atoms with Gasteiger partial charge in [0.2, 0.25) is 5.91 Å². The van der Waals surface area contributed by atoms with Crippen molar-refractivity contribution in [3.05, 3.63) is 114 Å². The van der Waals surface area contributed by atoms with E-state index in [1.165, 1.54) is 0 Å². The first-order valence-electron chi connectivity index (χ1n) is 14.2. The van der Waals surface area contributed by atoms with E-state index in [1.807, 2.05) is 115 Å². The standard InChI is InChI=1S/C34H34N4O3/c1-25(26-11-4-2-5-12-26)35-31(39)23-37-24-38(28-15-6-3-7-16-28)34(33(37)41)19-21-36(22-20-34)32(40)30-18-10-14-27-13-8-9-17-29(27)30/h2-18,25H,19-24H2,1H3,(H,35,39)/t25-/m1/s1. The largest absolute Gasteiger partial charge is 0.348 e. The fourth-order valence-corrected chi connectivity index (χ4v) is 6.27. The molecule has 0 bridgehead atoms. The minimum absolute atomic E-state index is 0.0141. The number of piperidine rings is 1. The van der Waals surface area contributed by atoms with E-state index in [1.54, 1.807) is 4.90 Å². The molecule has 2 fully saturated rings. The molecule has 2 aliphatic rings. The van der Waals surface area contributed by atoms with Crippen LogP contribution in [0.5, 0.6) is 0 Å². The molecule has 1 atom stereocenters. The van der Waals surface area contributed by atoms with Crippen molar-refractivity contribution < 1.29 is 14.4 Å². The van der Waals surface area contributed by atoms with Gasteiger partial charge in [0.1, 0.15) is 12.1 Å². The zero-order valence-electron chi connectivity index (χ0n) is 23.2. The molecule has 2 aliphatic heterocycles. The van der Waals surface area contributed by atoms with E-state index >= 15 is 0 Å². The maximum absolute atomic E-state index is 14.1. The Kier molecular flexibility index (Phi) is 7.18. The minimum Gasteiger partial charge on any atom is -0.348 e. The smallest absolute Gasteiger partial charge is 0.254 e. The number of amides is 3. The van der Waals surface area contributed by atoms with Crippen molar-refractivity contribution >= 4 is 34.2 Å². The molecule has 7 nitrogen and oxygen atoms in total. The molecular weight excluding hydrogens is 512 g/mol. The highest BCUT2D eigenvalue weighted by Gasteiger charge is 2.54. The van der Waals surface area contributed by atoms with Crippen molar-refractivity contribution in [1.29, 1.82) is 0 Å². The summed E-state index contributed by atoms with van der Waals surface area (Å²) >= 11 is 0. The Balaban J connectivity index is 1.20.